The Labute approximate surface area is 164 Å². The summed E-state index contributed by atoms with van der Waals surface area (Å²) < 4.78 is 0. The zero-order chi connectivity index (χ0) is 16.2. The number of phenols is 1. The van der Waals surface area contributed by atoms with Gasteiger partial charge in [-0.1, -0.05) is 24.3 Å². The fourth-order valence-electron chi connectivity index (χ4n) is 2.28. The molecule has 0 aliphatic heterocycles. The Morgan fingerprint density at radius 3 is 2.58 bits per heavy atom. The van der Waals surface area contributed by atoms with Crippen LogP contribution in [0.15, 0.2) is 64.8 Å². The van der Waals surface area contributed by atoms with E-state index < -0.39 is 0 Å². The van der Waals surface area contributed by atoms with Crippen LogP contribution in [0, 0.1) is 6.07 Å². The predicted octanol–water partition coefficient (Wildman–Crippen LogP) is 4.12. The number of nitrogens with one attached hydrogen (secondary N) is 1. The molecule has 1 amide bonds. The molecule has 5 nitrogen and oxygen atoms in total. The van der Waals surface area contributed by atoms with Gasteiger partial charge in [-0.3, -0.25) is 4.79 Å². The first-order valence-electron chi connectivity index (χ1n) is 7.06. The van der Waals surface area contributed by atoms with Crippen LogP contribution in [0.25, 0.3) is 10.8 Å². The van der Waals surface area contributed by atoms with Gasteiger partial charge >= 0.3 is 0 Å². The van der Waals surface area contributed by atoms with E-state index >= 15 is 0 Å². The van der Waals surface area contributed by atoms with Crippen molar-refractivity contribution in [1.29, 1.82) is 0 Å². The van der Waals surface area contributed by atoms with Crippen LogP contribution in [0.2, 0.25) is 0 Å². The maximum atomic E-state index is 12.0. The fourth-order valence-corrected chi connectivity index (χ4v) is 2.28. The molecule has 3 aromatic rings. The van der Waals surface area contributed by atoms with Crippen LogP contribution >= 0.6 is 0 Å². The third-order valence-electron chi connectivity index (χ3n) is 3.42. The molecule has 0 atom stereocenters. The zero-order valence-corrected chi connectivity index (χ0v) is 15.9. The van der Waals surface area contributed by atoms with E-state index in [1.165, 1.54) is 7.05 Å². The number of phenolic OH excluding ortho intramolecular Hbond substituents is 1. The van der Waals surface area contributed by atoms with Gasteiger partial charge < -0.3 is 10.4 Å². The number of carbonyl (C=O) groups is 1. The van der Waals surface area contributed by atoms with E-state index in [0.29, 0.717) is 5.69 Å². The monoisotopic (exact) mass is 393 g/mol. The van der Waals surface area contributed by atoms with Crippen LogP contribution in [-0.4, -0.2) is 18.1 Å². The van der Waals surface area contributed by atoms with E-state index in [1.807, 2.05) is 36.4 Å². The number of hydrogen-bond donors (Lipinski definition) is 2. The second-order valence-electron chi connectivity index (χ2n) is 4.87. The Morgan fingerprint density at radius 2 is 1.88 bits per heavy atom. The van der Waals surface area contributed by atoms with Gasteiger partial charge in [-0.25, -0.2) is 0 Å². The summed E-state index contributed by atoms with van der Waals surface area (Å²) in [7, 11) is 1.51. The SMILES string of the molecule is CNC(=O)c1cc2ccccc2c(N=Nc2[c-]cccc2)c1O.[Y]. The van der Waals surface area contributed by atoms with Gasteiger partial charge in [0.1, 0.15) is 5.69 Å². The maximum absolute atomic E-state index is 12.0. The average molecular weight is 393 g/mol. The molecule has 0 aliphatic carbocycles. The zero-order valence-electron chi connectivity index (χ0n) is 13.0. The summed E-state index contributed by atoms with van der Waals surface area (Å²) >= 11 is 0. The molecule has 0 fully saturated rings. The number of carbonyl (C=O) groups excluding carboxylic acids is 1. The Kier molecular flexibility index (Phi) is 6.18. The van der Waals surface area contributed by atoms with Crippen molar-refractivity contribution in [3.8, 4) is 5.75 Å². The molecule has 0 saturated heterocycles. The normalized spacial score (nSPS) is 10.5. The number of amides is 1. The number of azo groups is 1. The molecule has 117 valence electrons. The summed E-state index contributed by atoms with van der Waals surface area (Å²) in [5.41, 5.74) is 0.970. The van der Waals surface area contributed by atoms with Crippen molar-refractivity contribution in [1.82, 2.24) is 5.32 Å². The molecule has 3 aromatic carbocycles. The fraction of sp³-hybridized carbons (Fsp3) is 0.0556. The first kappa shape index (κ1) is 18.2. The molecular weight excluding hydrogens is 379 g/mol. The van der Waals surface area contributed by atoms with Crippen molar-refractivity contribution in [3.63, 3.8) is 0 Å². The van der Waals surface area contributed by atoms with Gasteiger partial charge in [-0.05, 0) is 17.1 Å². The Balaban J connectivity index is 0.00000208. The predicted molar refractivity (Wildman–Crippen MR) is 88.5 cm³/mol. The first-order valence-corrected chi connectivity index (χ1v) is 7.06. The summed E-state index contributed by atoms with van der Waals surface area (Å²) in [5, 5.41) is 22.7. The van der Waals surface area contributed by atoms with Crippen LogP contribution in [0.5, 0.6) is 5.75 Å². The smallest absolute Gasteiger partial charge is 0.254 e. The van der Waals surface area contributed by atoms with Crippen LogP contribution in [0.1, 0.15) is 10.4 Å². The van der Waals surface area contributed by atoms with Gasteiger partial charge in [-0.2, -0.15) is 29.4 Å². The average Bonchev–Trinajstić information content (AvgIpc) is 2.60. The van der Waals surface area contributed by atoms with Crippen LogP contribution in [-0.2, 0) is 32.7 Å². The molecule has 1 radical (unpaired) electrons. The van der Waals surface area contributed by atoms with E-state index in [4.69, 9.17) is 0 Å². The van der Waals surface area contributed by atoms with Crippen molar-refractivity contribution < 1.29 is 42.6 Å². The van der Waals surface area contributed by atoms with Crippen molar-refractivity contribution in [2.24, 2.45) is 10.2 Å². The van der Waals surface area contributed by atoms with Crippen molar-refractivity contribution in [2.75, 3.05) is 7.05 Å². The van der Waals surface area contributed by atoms with Gasteiger partial charge in [0.15, 0.2) is 5.75 Å². The van der Waals surface area contributed by atoms with Gasteiger partial charge in [0.25, 0.3) is 5.91 Å². The molecule has 0 unspecified atom stereocenters. The van der Waals surface area contributed by atoms with E-state index in [0.717, 1.165) is 10.8 Å². The number of rotatable bonds is 3. The summed E-state index contributed by atoms with van der Waals surface area (Å²) in [6.07, 6.45) is 0. The second-order valence-corrected chi connectivity index (χ2v) is 4.87. The molecule has 24 heavy (non-hydrogen) atoms. The van der Waals surface area contributed by atoms with Crippen molar-refractivity contribution >= 4 is 28.1 Å². The van der Waals surface area contributed by atoms with Gasteiger partial charge in [-0.15, -0.1) is 11.2 Å². The Morgan fingerprint density at radius 1 is 1.12 bits per heavy atom. The molecule has 0 bridgehead atoms. The molecule has 3 rings (SSSR count). The van der Waals surface area contributed by atoms with Gasteiger partial charge in [0.2, 0.25) is 0 Å². The molecular formula is C18H14N3O2Y-. The van der Waals surface area contributed by atoms with Gasteiger partial charge in [0.05, 0.1) is 5.56 Å². The summed E-state index contributed by atoms with van der Waals surface area (Å²) in [6.45, 7) is 0. The number of benzene rings is 3. The van der Waals surface area contributed by atoms with E-state index in [1.54, 1.807) is 18.2 Å². The molecule has 0 aliphatic rings. The Bertz CT molecular complexity index is 895. The van der Waals surface area contributed by atoms with Crippen LogP contribution in [0.4, 0.5) is 11.4 Å². The minimum atomic E-state index is -0.379. The third kappa shape index (κ3) is 3.69. The maximum Gasteiger partial charge on any atom is 0.254 e. The second kappa shape index (κ2) is 8.13. The Hall–Kier alpha value is -2.11. The van der Waals surface area contributed by atoms with Crippen molar-refractivity contribution in [2.45, 2.75) is 0 Å². The number of hydrogen-bond acceptors (Lipinski definition) is 4. The molecule has 6 heteroatoms. The van der Waals surface area contributed by atoms with Gasteiger partial charge in [0, 0.05) is 45.1 Å². The number of aromatic hydroxyl groups is 1. The molecule has 2 N–H and O–H groups in total. The standard InChI is InChI=1S/C18H14N3O2.Y/c1-19-18(23)15-11-12-7-5-6-10-14(12)16(17(15)22)21-20-13-8-3-2-4-9-13;/h2-8,10-11,22H,1H3,(H,19,23);/q-1;. The molecule has 0 heterocycles. The third-order valence-corrected chi connectivity index (χ3v) is 3.42. The first-order chi connectivity index (χ1) is 11.2. The largest absolute Gasteiger partial charge is 0.505 e. The van der Waals surface area contributed by atoms with Crippen LogP contribution < -0.4 is 5.32 Å². The number of fused-ring (bicyclic) bond motifs is 1. The summed E-state index contributed by atoms with van der Waals surface area (Å²) in [4.78, 5) is 12.0. The summed E-state index contributed by atoms with van der Waals surface area (Å²) in [5.74, 6) is -0.571. The minimum Gasteiger partial charge on any atom is -0.505 e. The molecule has 0 aromatic heterocycles. The van der Waals surface area contributed by atoms with Crippen LogP contribution in [0.3, 0.4) is 0 Å². The molecule has 0 spiro atoms. The quantitative estimate of drug-likeness (QED) is 0.519. The molecule has 0 saturated carbocycles. The van der Waals surface area contributed by atoms with E-state index in [9.17, 15) is 9.90 Å². The topological polar surface area (TPSA) is 74.0 Å². The van der Waals surface area contributed by atoms with E-state index in [-0.39, 0.29) is 55.6 Å². The minimum absolute atomic E-state index is 0. The van der Waals surface area contributed by atoms with E-state index in [2.05, 4.69) is 21.6 Å². The number of nitrogens with zero attached hydrogens (tertiary/aromatic N) is 2. The summed E-state index contributed by atoms with van der Waals surface area (Å²) in [6, 6.07) is 19.1. The van der Waals surface area contributed by atoms with Crippen molar-refractivity contribution in [3.05, 3.63) is 66.2 Å².